The van der Waals surface area contributed by atoms with E-state index in [1.165, 1.54) is 11.3 Å². The van der Waals surface area contributed by atoms with E-state index in [1.807, 2.05) is 31.2 Å². The molecule has 1 amide bonds. The lowest BCUT2D eigenvalue weighted by molar-refractivity contribution is 0.0946. The molecule has 0 fully saturated rings. The van der Waals surface area contributed by atoms with Crippen molar-refractivity contribution in [2.45, 2.75) is 13.5 Å². The maximum atomic E-state index is 11.9. The predicted molar refractivity (Wildman–Crippen MR) is 71.0 cm³/mol. The van der Waals surface area contributed by atoms with Crippen LogP contribution in [0, 0.1) is 6.92 Å². The number of para-hydroxylation sites is 1. The van der Waals surface area contributed by atoms with Gasteiger partial charge in [0.1, 0.15) is 11.4 Å². The van der Waals surface area contributed by atoms with Crippen molar-refractivity contribution in [3.8, 4) is 5.75 Å². The molecule has 1 aromatic carbocycles. The quantitative estimate of drug-likeness (QED) is 0.920. The van der Waals surface area contributed by atoms with Crippen LogP contribution in [0.2, 0.25) is 0 Å². The Kier molecular flexibility index (Phi) is 3.94. The summed E-state index contributed by atoms with van der Waals surface area (Å²) in [7, 11) is 1.62. The highest BCUT2D eigenvalue weighted by Gasteiger charge is 2.12. The van der Waals surface area contributed by atoms with E-state index in [0.717, 1.165) is 16.2 Å². The summed E-state index contributed by atoms with van der Waals surface area (Å²) in [6.45, 7) is 2.31. The van der Waals surface area contributed by atoms with Crippen molar-refractivity contribution in [3.05, 3.63) is 45.9 Å². The van der Waals surface area contributed by atoms with Crippen LogP contribution in [0.15, 0.2) is 29.8 Å². The van der Waals surface area contributed by atoms with Crippen LogP contribution in [-0.2, 0) is 6.54 Å². The lowest BCUT2D eigenvalue weighted by Gasteiger charge is -2.08. The SMILES string of the molecule is COc1ccccc1CNC(=O)c1ncsc1C. The number of thiazole rings is 1. The molecule has 0 aliphatic heterocycles. The molecule has 1 heterocycles. The van der Waals surface area contributed by atoms with Gasteiger partial charge in [-0.1, -0.05) is 18.2 Å². The van der Waals surface area contributed by atoms with E-state index in [-0.39, 0.29) is 5.91 Å². The zero-order chi connectivity index (χ0) is 13.0. The number of rotatable bonds is 4. The average molecular weight is 262 g/mol. The van der Waals surface area contributed by atoms with Gasteiger partial charge in [-0.2, -0.15) is 0 Å². The zero-order valence-electron chi connectivity index (χ0n) is 10.3. The minimum atomic E-state index is -0.153. The van der Waals surface area contributed by atoms with Crippen molar-refractivity contribution in [1.82, 2.24) is 10.3 Å². The standard InChI is InChI=1S/C13H14N2O2S/c1-9-12(15-8-18-9)13(16)14-7-10-5-3-4-6-11(10)17-2/h3-6,8H,7H2,1-2H3,(H,14,16). The minimum Gasteiger partial charge on any atom is -0.496 e. The average Bonchev–Trinajstić information content (AvgIpc) is 2.82. The number of hydrogen-bond donors (Lipinski definition) is 1. The molecular formula is C13H14N2O2S. The lowest BCUT2D eigenvalue weighted by atomic mass is 10.2. The van der Waals surface area contributed by atoms with Crippen LogP contribution in [-0.4, -0.2) is 18.0 Å². The molecule has 1 aromatic heterocycles. The van der Waals surface area contributed by atoms with Gasteiger partial charge in [-0.25, -0.2) is 4.98 Å². The molecule has 94 valence electrons. The monoisotopic (exact) mass is 262 g/mol. The summed E-state index contributed by atoms with van der Waals surface area (Å²) in [6.07, 6.45) is 0. The second-order valence-electron chi connectivity index (χ2n) is 3.75. The molecule has 0 aliphatic carbocycles. The first kappa shape index (κ1) is 12.6. The third kappa shape index (κ3) is 2.68. The number of carbonyl (C=O) groups is 1. The first-order valence-corrected chi connectivity index (χ1v) is 6.40. The molecule has 4 nitrogen and oxygen atoms in total. The van der Waals surface area contributed by atoms with E-state index >= 15 is 0 Å². The summed E-state index contributed by atoms with van der Waals surface area (Å²) in [5.41, 5.74) is 3.11. The van der Waals surface area contributed by atoms with Crippen LogP contribution in [0.3, 0.4) is 0 Å². The smallest absolute Gasteiger partial charge is 0.271 e. The maximum Gasteiger partial charge on any atom is 0.271 e. The Hall–Kier alpha value is -1.88. The number of carbonyl (C=O) groups excluding carboxylic acids is 1. The summed E-state index contributed by atoms with van der Waals surface area (Å²) in [4.78, 5) is 16.9. The number of aromatic nitrogens is 1. The normalized spacial score (nSPS) is 10.1. The van der Waals surface area contributed by atoms with Crippen molar-refractivity contribution in [1.29, 1.82) is 0 Å². The van der Waals surface area contributed by atoms with Crippen LogP contribution in [0.5, 0.6) is 5.75 Å². The molecular weight excluding hydrogens is 248 g/mol. The molecule has 2 aromatic rings. The van der Waals surface area contributed by atoms with Gasteiger partial charge in [-0.15, -0.1) is 11.3 Å². The van der Waals surface area contributed by atoms with E-state index in [0.29, 0.717) is 12.2 Å². The number of benzene rings is 1. The fraction of sp³-hybridized carbons (Fsp3) is 0.231. The van der Waals surface area contributed by atoms with Gasteiger partial charge < -0.3 is 10.1 Å². The summed E-state index contributed by atoms with van der Waals surface area (Å²) in [6, 6.07) is 7.61. The highest BCUT2D eigenvalue weighted by atomic mass is 32.1. The predicted octanol–water partition coefficient (Wildman–Crippen LogP) is 2.39. The van der Waals surface area contributed by atoms with Crippen LogP contribution in [0.4, 0.5) is 0 Å². The Morgan fingerprint density at radius 3 is 2.89 bits per heavy atom. The fourth-order valence-electron chi connectivity index (χ4n) is 1.63. The van der Waals surface area contributed by atoms with Gasteiger partial charge in [-0.3, -0.25) is 4.79 Å². The van der Waals surface area contributed by atoms with Gasteiger partial charge in [-0.05, 0) is 13.0 Å². The molecule has 0 bridgehead atoms. The Morgan fingerprint density at radius 2 is 2.22 bits per heavy atom. The first-order chi connectivity index (χ1) is 8.72. The van der Waals surface area contributed by atoms with Crippen LogP contribution in [0.1, 0.15) is 20.9 Å². The summed E-state index contributed by atoms with van der Waals surface area (Å²) < 4.78 is 5.23. The number of ether oxygens (including phenoxy) is 1. The maximum absolute atomic E-state index is 11.9. The van der Waals surface area contributed by atoms with Crippen LogP contribution in [0.25, 0.3) is 0 Å². The van der Waals surface area contributed by atoms with Crippen molar-refractivity contribution >= 4 is 17.2 Å². The molecule has 0 radical (unpaired) electrons. The largest absolute Gasteiger partial charge is 0.496 e. The summed E-state index contributed by atoms with van der Waals surface area (Å²) >= 11 is 1.47. The van der Waals surface area contributed by atoms with E-state index < -0.39 is 0 Å². The van der Waals surface area contributed by atoms with E-state index in [9.17, 15) is 4.79 Å². The van der Waals surface area contributed by atoms with Crippen LogP contribution >= 0.6 is 11.3 Å². The van der Waals surface area contributed by atoms with Crippen molar-refractivity contribution in [3.63, 3.8) is 0 Å². The Labute approximate surface area is 110 Å². The topological polar surface area (TPSA) is 51.2 Å². The molecule has 2 rings (SSSR count). The number of aryl methyl sites for hydroxylation is 1. The fourth-order valence-corrected chi connectivity index (χ4v) is 2.20. The van der Waals surface area contributed by atoms with Gasteiger partial charge in [0, 0.05) is 17.0 Å². The molecule has 0 atom stereocenters. The minimum absolute atomic E-state index is 0.153. The zero-order valence-corrected chi connectivity index (χ0v) is 11.1. The highest BCUT2D eigenvalue weighted by Crippen LogP contribution is 2.17. The van der Waals surface area contributed by atoms with Crippen molar-refractivity contribution < 1.29 is 9.53 Å². The molecule has 0 aliphatic rings. The number of nitrogens with zero attached hydrogens (tertiary/aromatic N) is 1. The first-order valence-electron chi connectivity index (χ1n) is 5.52. The molecule has 18 heavy (non-hydrogen) atoms. The number of methoxy groups -OCH3 is 1. The van der Waals surface area contributed by atoms with E-state index in [1.54, 1.807) is 12.6 Å². The van der Waals surface area contributed by atoms with Gasteiger partial charge in [0.25, 0.3) is 5.91 Å². The third-order valence-electron chi connectivity index (χ3n) is 2.59. The van der Waals surface area contributed by atoms with Gasteiger partial charge in [0.2, 0.25) is 0 Å². The Balaban J connectivity index is 2.04. The lowest BCUT2D eigenvalue weighted by Crippen LogP contribution is -2.24. The molecule has 0 saturated carbocycles. The number of nitrogens with one attached hydrogen (secondary N) is 1. The highest BCUT2D eigenvalue weighted by molar-refractivity contribution is 7.09. The molecule has 1 N–H and O–H groups in total. The molecule has 0 spiro atoms. The van der Waals surface area contributed by atoms with E-state index in [2.05, 4.69) is 10.3 Å². The third-order valence-corrected chi connectivity index (χ3v) is 3.35. The number of amides is 1. The Bertz CT molecular complexity index is 551. The summed E-state index contributed by atoms with van der Waals surface area (Å²) in [5, 5.41) is 2.84. The second kappa shape index (κ2) is 5.64. The van der Waals surface area contributed by atoms with Crippen LogP contribution < -0.4 is 10.1 Å². The molecule has 0 saturated heterocycles. The summed E-state index contributed by atoms with van der Waals surface area (Å²) in [5.74, 6) is 0.618. The van der Waals surface area contributed by atoms with E-state index in [4.69, 9.17) is 4.74 Å². The Morgan fingerprint density at radius 1 is 1.44 bits per heavy atom. The van der Waals surface area contributed by atoms with Gasteiger partial charge >= 0.3 is 0 Å². The number of hydrogen-bond acceptors (Lipinski definition) is 4. The van der Waals surface area contributed by atoms with Crippen molar-refractivity contribution in [2.24, 2.45) is 0 Å². The van der Waals surface area contributed by atoms with Gasteiger partial charge in [0.15, 0.2) is 0 Å². The molecule has 0 unspecified atom stereocenters. The van der Waals surface area contributed by atoms with Crippen molar-refractivity contribution in [2.75, 3.05) is 7.11 Å². The second-order valence-corrected chi connectivity index (χ2v) is 4.81. The van der Waals surface area contributed by atoms with Gasteiger partial charge in [0.05, 0.1) is 12.6 Å². The molecule has 5 heteroatoms.